The summed E-state index contributed by atoms with van der Waals surface area (Å²) in [4.78, 5) is 12.0. The lowest BCUT2D eigenvalue weighted by molar-refractivity contribution is 0.237. The Labute approximate surface area is 125 Å². The molecule has 112 valence electrons. The Kier molecular flexibility index (Phi) is 4.68. The third kappa shape index (κ3) is 3.88. The highest BCUT2D eigenvalue weighted by Gasteiger charge is 2.14. The largest absolute Gasteiger partial charge is 0.466 e. The maximum atomic E-state index is 12.0. The highest BCUT2D eigenvalue weighted by molar-refractivity contribution is 5.74. The number of hydrogen-bond donors (Lipinski definition) is 2. The maximum Gasteiger partial charge on any atom is 0.315 e. The van der Waals surface area contributed by atoms with Crippen LogP contribution in [0.2, 0.25) is 0 Å². The summed E-state index contributed by atoms with van der Waals surface area (Å²) >= 11 is 0. The molecule has 0 radical (unpaired) electrons. The third-order valence-corrected chi connectivity index (χ3v) is 3.59. The summed E-state index contributed by atoms with van der Waals surface area (Å²) in [5, 5.41) is 5.82. The van der Waals surface area contributed by atoms with Crippen LogP contribution in [0.3, 0.4) is 0 Å². The molecule has 0 aliphatic rings. The molecule has 2 N–H and O–H groups in total. The zero-order valence-corrected chi connectivity index (χ0v) is 13.0. The van der Waals surface area contributed by atoms with Crippen LogP contribution < -0.4 is 10.6 Å². The lowest BCUT2D eigenvalue weighted by Gasteiger charge is -2.14. The van der Waals surface area contributed by atoms with Crippen molar-refractivity contribution in [1.82, 2.24) is 10.6 Å². The Morgan fingerprint density at radius 2 is 1.95 bits per heavy atom. The Bertz CT molecular complexity index is 631. The van der Waals surface area contributed by atoms with Gasteiger partial charge in [-0.3, -0.25) is 0 Å². The van der Waals surface area contributed by atoms with Crippen molar-refractivity contribution in [2.45, 2.75) is 40.3 Å². The van der Waals surface area contributed by atoms with E-state index in [9.17, 15) is 4.79 Å². The Morgan fingerprint density at radius 3 is 2.57 bits per heavy atom. The number of nitrogens with one attached hydrogen (secondary N) is 2. The monoisotopic (exact) mass is 286 g/mol. The van der Waals surface area contributed by atoms with Crippen LogP contribution in [0, 0.1) is 20.8 Å². The molecule has 0 saturated carbocycles. The number of carbonyl (C=O) groups excluding carboxylic acids is 1. The summed E-state index contributed by atoms with van der Waals surface area (Å²) < 4.78 is 5.49. The molecule has 4 heteroatoms. The standard InChI is InChI=1S/C17H22N2O2/c1-11-7-5-6-8-15(11)10-18-17(20)19-13(3)16-9-12(2)21-14(16)4/h5-9,13H,10H2,1-4H3,(H2,18,19,20). The molecule has 0 aliphatic carbocycles. The first kappa shape index (κ1) is 15.2. The second-order valence-electron chi connectivity index (χ2n) is 5.34. The molecule has 0 bridgehead atoms. The van der Waals surface area contributed by atoms with Gasteiger partial charge in [0.25, 0.3) is 0 Å². The van der Waals surface area contributed by atoms with Gasteiger partial charge in [-0.05, 0) is 44.9 Å². The van der Waals surface area contributed by atoms with Crippen molar-refractivity contribution in [1.29, 1.82) is 0 Å². The number of amides is 2. The first-order valence-corrected chi connectivity index (χ1v) is 7.13. The van der Waals surface area contributed by atoms with Gasteiger partial charge >= 0.3 is 6.03 Å². The van der Waals surface area contributed by atoms with Crippen molar-refractivity contribution in [3.63, 3.8) is 0 Å². The Hall–Kier alpha value is -2.23. The van der Waals surface area contributed by atoms with Gasteiger partial charge in [0.05, 0.1) is 6.04 Å². The van der Waals surface area contributed by atoms with Crippen molar-refractivity contribution in [3.05, 3.63) is 58.5 Å². The van der Waals surface area contributed by atoms with E-state index in [1.54, 1.807) is 0 Å². The molecular formula is C17H22N2O2. The molecule has 2 rings (SSSR count). The predicted molar refractivity (Wildman–Crippen MR) is 83.1 cm³/mol. The number of urea groups is 1. The van der Waals surface area contributed by atoms with Crippen LogP contribution in [0.15, 0.2) is 34.7 Å². The summed E-state index contributed by atoms with van der Waals surface area (Å²) in [6, 6.07) is 9.72. The molecule has 0 spiro atoms. The SMILES string of the molecule is Cc1cc(C(C)NC(=O)NCc2ccccc2C)c(C)o1. The number of hydrogen-bond acceptors (Lipinski definition) is 2. The van der Waals surface area contributed by atoms with E-state index in [4.69, 9.17) is 4.42 Å². The van der Waals surface area contributed by atoms with E-state index in [-0.39, 0.29) is 12.1 Å². The van der Waals surface area contributed by atoms with Crippen molar-refractivity contribution in [2.75, 3.05) is 0 Å². The lowest BCUT2D eigenvalue weighted by atomic mass is 10.1. The molecule has 1 atom stereocenters. The first-order valence-electron chi connectivity index (χ1n) is 7.13. The van der Waals surface area contributed by atoms with E-state index in [2.05, 4.69) is 10.6 Å². The summed E-state index contributed by atoms with van der Waals surface area (Å²) in [6.07, 6.45) is 0. The van der Waals surface area contributed by atoms with E-state index >= 15 is 0 Å². The van der Waals surface area contributed by atoms with Crippen LogP contribution in [-0.4, -0.2) is 6.03 Å². The number of rotatable bonds is 4. The molecule has 0 saturated heterocycles. The summed E-state index contributed by atoms with van der Waals surface area (Å²) in [6.45, 7) is 8.32. The van der Waals surface area contributed by atoms with Crippen LogP contribution in [0.5, 0.6) is 0 Å². The fourth-order valence-electron chi connectivity index (χ4n) is 2.39. The van der Waals surface area contributed by atoms with E-state index in [0.717, 1.165) is 22.6 Å². The lowest BCUT2D eigenvalue weighted by Crippen LogP contribution is -2.36. The zero-order chi connectivity index (χ0) is 15.4. The van der Waals surface area contributed by atoms with E-state index in [1.165, 1.54) is 5.56 Å². The molecule has 1 heterocycles. The topological polar surface area (TPSA) is 54.3 Å². The highest BCUT2D eigenvalue weighted by Crippen LogP contribution is 2.20. The molecule has 2 aromatic rings. The van der Waals surface area contributed by atoms with Gasteiger partial charge in [0.2, 0.25) is 0 Å². The van der Waals surface area contributed by atoms with E-state index < -0.39 is 0 Å². The minimum atomic E-state index is -0.177. The van der Waals surface area contributed by atoms with Gasteiger partial charge in [-0.1, -0.05) is 24.3 Å². The van der Waals surface area contributed by atoms with Crippen molar-refractivity contribution < 1.29 is 9.21 Å². The summed E-state index contributed by atoms with van der Waals surface area (Å²) in [5.41, 5.74) is 3.31. The normalized spacial score (nSPS) is 12.0. The molecule has 1 aromatic heterocycles. The van der Waals surface area contributed by atoms with Crippen LogP contribution >= 0.6 is 0 Å². The molecular weight excluding hydrogens is 264 g/mol. The second-order valence-corrected chi connectivity index (χ2v) is 5.34. The van der Waals surface area contributed by atoms with Gasteiger partial charge in [0.15, 0.2) is 0 Å². The van der Waals surface area contributed by atoms with E-state index in [0.29, 0.717) is 6.54 Å². The maximum absolute atomic E-state index is 12.0. The average Bonchev–Trinajstić information content (AvgIpc) is 2.77. The molecule has 1 unspecified atom stereocenters. The third-order valence-electron chi connectivity index (χ3n) is 3.59. The van der Waals surface area contributed by atoms with Gasteiger partial charge in [-0.25, -0.2) is 4.79 Å². The van der Waals surface area contributed by atoms with Crippen LogP contribution in [0.1, 0.15) is 41.2 Å². The molecule has 4 nitrogen and oxygen atoms in total. The van der Waals surface area contributed by atoms with Crippen molar-refractivity contribution >= 4 is 6.03 Å². The average molecular weight is 286 g/mol. The number of aryl methyl sites for hydroxylation is 3. The molecule has 2 amide bonds. The van der Waals surface area contributed by atoms with Crippen molar-refractivity contribution in [3.8, 4) is 0 Å². The van der Waals surface area contributed by atoms with Gasteiger partial charge in [0.1, 0.15) is 11.5 Å². The molecule has 21 heavy (non-hydrogen) atoms. The van der Waals surface area contributed by atoms with Gasteiger partial charge in [-0.2, -0.15) is 0 Å². The second kappa shape index (κ2) is 6.48. The minimum Gasteiger partial charge on any atom is -0.466 e. The van der Waals surface area contributed by atoms with Gasteiger partial charge in [0, 0.05) is 12.1 Å². The molecule has 0 fully saturated rings. The van der Waals surface area contributed by atoms with Crippen LogP contribution in [-0.2, 0) is 6.54 Å². The number of benzene rings is 1. The first-order chi connectivity index (χ1) is 9.97. The number of furan rings is 1. The molecule has 0 aliphatic heterocycles. The van der Waals surface area contributed by atoms with Gasteiger partial charge in [-0.15, -0.1) is 0 Å². The summed E-state index contributed by atoms with van der Waals surface area (Å²) in [5.74, 6) is 1.70. The van der Waals surface area contributed by atoms with Gasteiger partial charge < -0.3 is 15.1 Å². The predicted octanol–water partition coefficient (Wildman–Crippen LogP) is 3.77. The number of carbonyl (C=O) groups is 1. The Balaban J connectivity index is 1.90. The smallest absolute Gasteiger partial charge is 0.315 e. The fraction of sp³-hybridized carbons (Fsp3) is 0.353. The Morgan fingerprint density at radius 1 is 1.24 bits per heavy atom. The fourth-order valence-corrected chi connectivity index (χ4v) is 2.39. The van der Waals surface area contributed by atoms with E-state index in [1.807, 2.05) is 58.0 Å². The summed E-state index contributed by atoms with van der Waals surface area (Å²) in [7, 11) is 0. The van der Waals surface area contributed by atoms with Crippen LogP contribution in [0.25, 0.3) is 0 Å². The van der Waals surface area contributed by atoms with Crippen molar-refractivity contribution in [2.24, 2.45) is 0 Å². The molecule has 1 aromatic carbocycles. The zero-order valence-electron chi connectivity index (χ0n) is 13.0. The minimum absolute atomic E-state index is 0.0840. The highest BCUT2D eigenvalue weighted by atomic mass is 16.3. The van der Waals surface area contributed by atoms with Crippen LogP contribution in [0.4, 0.5) is 4.79 Å². The quantitative estimate of drug-likeness (QED) is 0.899.